The van der Waals surface area contributed by atoms with Crippen molar-refractivity contribution in [3.8, 4) is 5.75 Å². The minimum Gasteiger partial charge on any atom is -0.497 e. The fourth-order valence-electron chi connectivity index (χ4n) is 2.85. The van der Waals surface area contributed by atoms with Crippen LogP contribution >= 0.6 is 0 Å². The summed E-state index contributed by atoms with van der Waals surface area (Å²) in [4.78, 5) is 14.2. The highest BCUT2D eigenvalue weighted by atomic mass is 16.5. The molecular weight excluding hydrogens is 280 g/mol. The van der Waals surface area contributed by atoms with Crippen molar-refractivity contribution >= 4 is 5.91 Å². The van der Waals surface area contributed by atoms with Crippen molar-refractivity contribution in [1.82, 2.24) is 10.2 Å². The van der Waals surface area contributed by atoms with Crippen molar-refractivity contribution in [1.29, 1.82) is 0 Å². The number of nitrogens with one attached hydrogen (secondary N) is 1. The summed E-state index contributed by atoms with van der Waals surface area (Å²) in [7, 11) is 1.63. The van der Waals surface area contributed by atoms with Gasteiger partial charge < -0.3 is 14.8 Å². The van der Waals surface area contributed by atoms with E-state index in [4.69, 9.17) is 9.47 Å². The second-order valence-corrected chi connectivity index (χ2v) is 5.57. The maximum absolute atomic E-state index is 11.8. The van der Waals surface area contributed by atoms with Crippen LogP contribution < -0.4 is 10.1 Å². The predicted octanol–water partition coefficient (Wildman–Crippen LogP) is 1.81. The van der Waals surface area contributed by atoms with Gasteiger partial charge in [0.15, 0.2) is 0 Å². The zero-order valence-corrected chi connectivity index (χ0v) is 13.5. The maximum Gasteiger partial charge on any atom is 0.246 e. The zero-order chi connectivity index (χ0) is 15.8. The molecule has 0 spiro atoms. The smallest absolute Gasteiger partial charge is 0.246 e. The van der Waals surface area contributed by atoms with Gasteiger partial charge in [0.25, 0.3) is 0 Å². The van der Waals surface area contributed by atoms with Gasteiger partial charge in [0.05, 0.1) is 13.7 Å². The topological polar surface area (TPSA) is 50.8 Å². The average Bonchev–Trinajstić information content (AvgIpc) is 3.00. The minimum atomic E-state index is -0.0501. The molecule has 1 aliphatic heterocycles. The van der Waals surface area contributed by atoms with Crippen LogP contribution in [0.4, 0.5) is 0 Å². The predicted molar refractivity (Wildman–Crippen MR) is 85.9 cm³/mol. The largest absolute Gasteiger partial charge is 0.497 e. The Morgan fingerprint density at radius 2 is 2.32 bits per heavy atom. The highest BCUT2D eigenvalue weighted by Crippen LogP contribution is 2.15. The highest BCUT2D eigenvalue weighted by molar-refractivity contribution is 5.77. The number of benzene rings is 1. The quantitative estimate of drug-likeness (QED) is 0.796. The molecule has 5 heteroatoms. The summed E-state index contributed by atoms with van der Waals surface area (Å²) in [6.07, 6.45) is 2.39. The van der Waals surface area contributed by atoms with Gasteiger partial charge in [-0.15, -0.1) is 0 Å². The lowest BCUT2D eigenvalue weighted by Gasteiger charge is -2.22. The number of likely N-dealkylation sites (N-methyl/N-ethyl adjacent to an activating group) is 1. The van der Waals surface area contributed by atoms with E-state index in [0.717, 1.165) is 30.9 Å². The van der Waals surface area contributed by atoms with Crippen LogP contribution in [0.5, 0.6) is 5.75 Å². The standard InChI is InChI=1S/C17H26N2O3/c1-3-19-9-5-7-15(19)11-18-17(20)13-22-12-14-6-4-8-16(10-14)21-2/h4,6,8,10,15H,3,5,7,9,11-13H2,1-2H3,(H,18,20). The van der Waals surface area contributed by atoms with E-state index in [0.29, 0.717) is 12.6 Å². The van der Waals surface area contributed by atoms with Crippen molar-refractivity contribution in [2.75, 3.05) is 33.4 Å². The van der Waals surface area contributed by atoms with E-state index >= 15 is 0 Å². The lowest BCUT2D eigenvalue weighted by molar-refractivity contribution is -0.126. The van der Waals surface area contributed by atoms with Crippen molar-refractivity contribution in [3.05, 3.63) is 29.8 Å². The van der Waals surface area contributed by atoms with Gasteiger partial charge in [-0.05, 0) is 43.6 Å². The van der Waals surface area contributed by atoms with Gasteiger partial charge in [0.1, 0.15) is 12.4 Å². The van der Waals surface area contributed by atoms with Gasteiger partial charge in [-0.1, -0.05) is 19.1 Å². The van der Waals surface area contributed by atoms with Gasteiger partial charge in [0, 0.05) is 12.6 Å². The average molecular weight is 306 g/mol. The Kier molecular flexibility index (Phi) is 6.68. The van der Waals surface area contributed by atoms with E-state index in [9.17, 15) is 4.79 Å². The van der Waals surface area contributed by atoms with Crippen molar-refractivity contribution in [2.24, 2.45) is 0 Å². The highest BCUT2D eigenvalue weighted by Gasteiger charge is 2.22. The van der Waals surface area contributed by atoms with E-state index in [-0.39, 0.29) is 12.5 Å². The molecule has 1 unspecified atom stereocenters. The van der Waals surface area contributed by atoms with Crippen molar-refractivity contribution in [2.45, 2.75) is 32.4 Å². The summed E-state index contributed by atoms with van der Waals surface area (Å²) in [5.41, 5.74) is 1.00. The van der Waals surface area contributed by atoms with Crippen LogP contribution in [-0.4, -0.2) is 50.2 Å². The minimum absolute atomic E-state index is 0.0501. The lowest BCUT2D eigenvalue weighted by Crippen LogP contribution is -2.41. The van der Waals surface area contributed by atoms with E-state index in [1.807, 2.05) is 24.3 Å². The van der Waals surface area contributed by atoms with E-state index in [2.05, 4.69) is 17.1 Å². The first kappa shape index (κ1) is 16.8. The number of rotatable bonds is 8. The number of hydrogen-bond donors (Lipinski definition) is 1. The third kappa shape index (κ3) is 5.00. The first-order chi connectivity index (χ1) is 10.7. The Labute approximate surface area is 132 Å². The first-order valence-corrected chi connectivity index (χ1v) is 7.94. The van der Waals surface area contributed by atoms with E-state index in [1.165, 1.54) is 12.8 Å². The fourth-order valence-corrected chi connectivity index (χ4v) is 2.85. The summed E-state index contributed by atoms with van der Waals surface area (Å²) in [5, 5.41) is 2.97. The molecule has 0 saturated carbocycles. The Morgan fingerprint density at radius 1 is 1.45 bits per heavy atom. The summed E-state index contributed by atoms with van der Waals surface area (Å²) in [5.74, 6) is 0.747. The Balaban J connectivity index is 1.65. The van der Waals surface area contributed by atoms with Crippen LogP contribution in [0.25, 0.3) is 0 Å². The molecule has 1 saturated heterocycles. The van der Waals surface area contributed by atoms with Gasteiger partial charge >= 0.3 is 0 Å². The number of methoxy groups -OCH3 is 1. The van der Waals surface area contributed by atoms with E-state index < -0.39 is 0 Å². The molecular formula is C17H26N2O3. The number of amides is 1. The van der Waals surface area contributed by atoms with Gasteiger partial charge in [-0.2, -0.15) is 0 Å². The Bertz CT molecular complexity index is 479. The maximum atomic E-state index is 11.8. The van der Waals surface area contributed by atoms with Gasteiger partial charge in [0.2, 0.25) is 5.91 Å². The molecule has 1 aromatic carbocycles. The molecule has 0 aliphatic carbocycles. The third-order valence-corrected chi connectivity index (χ3v) is 4.08. The molecule has 1 amide bonds. The van der Waals surface area contributed by atoms with Crippen LogP contribution in [0.2, 0.25) is 0 Å². The summed E-state index contributed by atoms with van der Waals surface area (Å²) in [6, 6.07) is 8.15. The summed E-state index contributed by atoms with van der Waals surface area (Å²) < 4.78 is 10.6. The van der Waals surface area contributed by atoms with Crippen LogP contribution in [0.1, 0.15) is 25.3 Å². The number of likely N-dealkylation sites (tertiary alicyclic amines) is 1. The monoisotopic (exact) mass is 306 g/mol. The molecule has 1 fully saturated rings. The van der Waals surface area contributed by atoms with Crippen molar-refractivity contribution in [3.63, 3.8) is 0 Å². The van der Waals surface area contributed by atoms with Crippen LogP contribution in [-0.2, 0) is 16.1 Å². The molecule has 5 nitrogen and oxygen atoms in total. The Morgan fingerprint density at radius 3 is 3.09 bits per heavy atom. The molecule has 0 aromatic heterocycles. The fraction of sp³-hybridized carbons (Fsp3) is 0.588. The number of carbonyl (C=O) groups excluding carboxylic acids is 1. The summed E-state index contributed by atoms with van der Waals surface area (Å²) >= 11 is 0. The second kappa shape index (κ2) is 8.76. The molecule has 122 valence electrons. The van der Waals surface area contributed by atoms with Crippen LogP contribution in [0.15, 0.2) is 24.3 Å². The molecule has 1 aromatic rings. The third-order valence-electron chi connectivity index (χ3n) is 4.08. The second-order valence-electron chi connectivity index (χ2n) is 5.57. The molecule has 0 bridgehead atoms. The molecule has 1 aliphatic rings. The first-order valence-electron chi connectivity index (χ1n) is 7.94. The normalized spacial score (nSPS) is 18.4. The molecule has 2 rings (SSSR count). The number of ether oxygens (including phenoxy) is 2. The molecule has 0 radical (unpaired) electrons. The lowest BCUT2D eigenvalue weighted by atomic mass is 10.2. The van der Waals surface area contributed by atoms with Gasteiger partial charge in [-0.25, -0.2) is 0 Å². The van der Waals surface area contributed by atoms with Crippen LogP contribution in [0, 0.1) is 0 Å². The number of hydrogen-bond acceptors (Lipinski definition) is 4. The Hall–Kier alpha value is -1.59. The summed E-state index contributed by atoms with van der Waals surface area (Å²) in [6.45, 7) is 5.58. The van der Waals surface area contributed by atoms with E-state index in [1.54, 1.807) is 7.11 Å². The zero-order valence-electron chi connectivity index (χ0n) is 13.5. The van der Waals surface area contributed by atoms with Crippen LogP contribution in [0.3, 0.4) is 0 Å². The number of carbonyl (C=O) groups is 1. The molecule has 1 N–H and O–H groups in total. The molecule has 1 heterocycles. The van der Waals surface area contributed by atoms with Gasteiger partial charge in [-0.3, -0.25) is 9.69 Å². The number of nitrogens with zero attached hydrogens (tertiary/aromatic N) is 1. The molecule has 1 atom stereocenters. The van der Waals surface area contributed by atoms with Crippen molar-refractivity contribution < 1.29 is 14.3 Å². The molecule has 22 heavy (non-hydrogen) atoms. The SMILES string of the molecule is CCN1CCCC1CNC(=O)COCc1cccc(OC)c1.